The Bertz CT molecular complexity index is 399. The highest BCUT2D eigenvalue weighted by atomic mass is 32.2. The van der Waals surface area contributed by atoms with Crippen LogP contribution in [0.5, 0.6) is 0 Å². The van der Waals surface area contributed by atoms with Gasteiger partial charge in [0.1, 0.15) is 0 Å². The maximum Gasteiger partial charge on any atom is 0.234 e. The Hall–Kier alpha value is -1.00. The van der Waals surface area contributed by atoms with E-state index >= 15 is 0 Å². The highest BCUT2D eigenvalue weighted by Crippen LogP contribution is 2.18. The molecule has 2 N–H and O–H groups in total. The van der Waals surface area contributed by atoms with Gasteiger partial charge in [-0.3, -0.25) is 4.79 Å². The molecule has 0 saturated carbocycles. The van der Waals surface area contributed by atoms with Crippen LogP contribution >= 0.6 is 11.8 Å². The summed E-state index contributed by atoms with van der Waals surface area (Å²) in [6.45, 7) is 4.29. The van der Waals surface area contributed by atoms with Gasteiger partial charge in [0.15, 0.2) is 0 Å². The number of rotatable bonds is 5. The predicted octanol–water partition coefficient (Wildman–Crippen LogP) is 2.67. The van der Waals surface area contributed by atoms with E-state index in [0.717, 1.165) is 30.4 Å². The Morgan fingerprint density at radius 3 is 2.68 bits per heavy atom. The second-order valence-corrected chi connectivity index (χ2v) is 6.15. The van der Waals surface area contributed by atoms with Gasteiger partial charge in [-0.05, 0) is 56.7 Å². The predicted molar refractivity (Wildman–Crippen MR) is 82.7 cm³/mol. The lowest BCUT2D eigenvalue weighted by molar-refractivity contribution is -0.113. The van der Waals surface area contributed by atoms with E-state index in [1.165, 1.54) is 18.4 Å². The number of amides is 1. The molecule has 2 rings (SSSR count). The zero-order valence-electron chi connectivity index (χ0n) is 11.4. The SMILES string of the molecule is Cc1ccc(NC(=O)CSCC2CCNCC2)cc1. The molecule has 19 heavy (non-hydrogen) atoms. The summed E-state index contributed by atoms with van der Waals surface area (Å²) >= 11 is 1.75. The number of piperidine rings is 1. The van der Waals surface area contributed by atoms with Crippen molar-refractivity contribution < 1.29 is 4.79 Å². The van der Waals surface area contributed by atoms with Gasteiger partial charge in [-0.15, -0.1) is 0 Å². The molecule has 1 fully saturated rings. The Kier molecular flexibility index (Phi) is 5.73. The number of carbonyl (C=O) groups excluding carboxylic acids is 1. The lowest BCUT2D eigenvalue weighted by Gasteiger charge is -2.21. The maximum absolute atomic E-state index is 11.8. The van der Waals surface area contributed by atoms with Crippen molar-refractivity contribution in [3.05, 3.63) is 29.8 Å². The van der Waals surface area contributed by atoms with Crippen molar-refractivity contribution in [3.8, 4) is 0 Å². The number of nitrogens with one attached hydrogen (secondary N) is 2. The van der Waals surface area contributed by atoms with Crippen LogP contribution in [0, 0.1) is 12.8 Å². The number of anilines is 1. The summed E-state index contributed by atoms with van der Waals surface area (Å²) in [5.74, 6) is 2.53. The van der Waals surface area contributed by atoms with Crippen LogP contribution in [0.1, 0.15) is 18.4 Å². The largest absolute Gasteiger partial charge is 0.325 e. The van der Waals surface area contributed by atoms with Crippen LogP contribution in [-0.2, 0) is 4.79 Å². The van der Waals surface area contributed by atoms with Gasteiger partial charge in [0, 0.05) is 5.69 Å². The summed E-state index contributed by atoms with van der Waals surface area (Å²) in [7, 11) is 0. The zero-order valence-corrected chi connectivity index (χ0v) is 12.3. The van der Waals surface area contributed by atoms with Crippen LogP contribution in [0.15, 0.2) is 24.3 Å². The molecule has 104 valence electrons. The summed E-state index contributed by atoms with van der Waals surface area (Å²) in [6, 6.07) is 7.92. The van der Waals surface area contributed by atoms with Crippen molar-refractivity contribution >= 4 is 23.4 Å². The van der Waals surface area contributed by atoms with Crippen molar-refractivity contribution in [1.82, 2.24) is 5.32 Å². The number of aryl methyl sites for hydroxylation is 1. The molecule has 1 saturated heterocycles. The van der Waals surface area contributed by atoms with Crippen LogP contribution in [-0.4, -0.2) is 30.5 Å². The average molecular weight is 278 g/mol. The van der Waals surface area contributed by atoms with Crippen molar-refractivity contribution in [2.75, 3.05) is 29.9 Å². The molecule has 0 bridgehead atoms. The second-order valence-electron chi connectivity index (χ2n) is 5.12. The molecule has 1 aliphatic rings. The first-order valence-electron chi connectivity index (χ1n) is 6.89. The van der Waals surface area contributed by atoms with Gasteiger partial charge in [0.25, 0.3) is 0 Å². The van der Waals surface area contributed by atoms with Gasteiger partial charge in [-0.25, -0.2) is 0 Å². The Balaban J connectivity index is 1.65. The smallest absolute Gasteiger partial charge is 0.234 e. The van der Waals surface area contributed by atoms with E-state index in [0.29, 0.717) is 5.75 Å². The summed E-state index contributed by atoms with van der Waals surface area (Å²) in [4.78, 5) is 11.8. The molecule has 1 aromatic rings. The molecule has 0 atom stereocenters. The zero-order chi connectivity index (χ0) is 13.5. The molecule has 1 aromatic carbocycles. The minimum absolute atomic E-state index is 0.0998. The van der Waals surface area contributed by atoms with Crippen LogP contribution in [0.4, 0.5) is 5.69 Å². The minimum Gasteiger partial charge on any atom is -0.325 e. The third-order valence-corrected chi connectivity index (χ3v) is 4.55. The highest BCUT2D eigenvalue weighted by Gasteiger charge is 2.13. The van der Waals surface area contributed by atoms with Crippen LogP contribution in [0.2, 0.25) is 0 Å². The average Bonchev–Trinajstić information content (AvgIpc) is 2.43. The second kappa shape index (κ2) is 7.56. The Morgan fingerprint density at radius 1 is 1.32 bits per heavy atom. The van der Waals surface area contributed by atoms with Gasteiger partial charge >= 0.3 is 0 Å². The molecule has 1 heterocycles. The van der Waals surface area contributed by atoms with Gasteiger partial charge in [0.2, 0.25) is 5.91 Å². The molecule has 1 aliphatic heterocycles. The normalized spacial score (nSPS) is 16.3. The number of hydrogen-bond acceptors (Lipinski definition) is 3. The number of benzene rings is 1. The molecule has 0 aliphatic carbocycles. The molecule has 3 nitrogen and oxygen atoms in total. The minimum atomic E-state index is 0.0998. The molecule has 1 amide bonds. The van der Waals surface area contributed by atoms with Gasteiger partial charge in [0.05, 0.1) is 5.75 Å². The fraction of sp³-hybridized carbons (Fsp3) is 0.533. The van der Waals surface area contributed by atoms with E-state index in [-0.39, 0.29) is 5.91 Å². The third-order valence-electron chi connectivity index (χ3n) is 3.38. The molecule has 4 heteroatoms. The van der Waals surface area contributed by atoms with Crippen molar-refractivity contribution in [1.29, 1.82) is 0 Å². The highest BCUT2D eigenvalue weighted by molar-refractivity contribution is 7.99. The molecular formula is C15H22N2OS. The van der Waals surface area contributed by atoms with Crippen LogP contribution in [0.25, 0.3) is 0 Å². The van der Waals surface area contributed by atoms with Gasteiger partial charge in [-0.2, -0.15) is 11.8 Å². The quantitative estimate of drug-likeness (QED) is 0.870. The Labute approximate surface area is 119 Å². The lowest BCUT2D eigenvalue weighted by atomic mass is 10.0. The van der Waals surface area contributed by atoms with E-state index in [2.05, 4.69) is 10.6 Å². The summed E-state index contributed by atoms with van der Waals surface area (Å²) < 4.78 is 0. The van der Waals surface area contributed by atoms with E-state index in [9.17, 15) is 4.79 Å². The van der Waals surface area contributed by atoms with Crippen LogP contribution < -0.4 is 10.6 Å². The topological polar surface area (TPSA) is 41.1 Å². The molecule has 0 radical (unpaired) electrons. The first-order chi connectivity index (χ1) is 9.24. The van der Waals surface area contributed by atoms with E-state index in [1.807, 2.05) is 31.2 Å². The van der Waals surface area contributed by atoms with E-state index < -0.39 is 0 Å². The first kappa shape index (κ1) is 14.4. The lowest BCUT2D eigenvalue weighted by Crippen LogP contribution is -2.29. The summed E-state index contributed by atoms with van der Waals surface area (Å²) in [5.41, 5.74) is 2.09. The Morgan fingerprint density at radius 2 is 2.00 bits per heavy atom. The van der Waals surface area contributed by atoms with E-state index in [1.54, 1.807) is 11.8 Å². The van der Waals surface area contributed by atoms with Gasteiger partial charge < -0.3 is 10.6 Å². The standard InChI is InChI=1S/C15H22N2OS/c1-12-2-4-14(5-3-12)17-15(18)11-19-10-13-6-8-16-9-7-13/h2-5,13,16H,6-11H2,1H3,(H,17,18). The van der Waals surface area contributed by atoms with Gasteiger partial charge in [-0.1, -0.05) is 17.7 Å². The van der Waals surface area contributed by atoms with E-state index in [4.69, 9.17) is 0 Å². The van der Waals surface area contributed by atoms with Crippen molar-refractivity contribution in [3.63, 3.8) is 0 Å². The number of thioether (sulfide) groups is 1. The molecular weight excluding hydrogens is 256 g/mol. The maximum atomic E-state index is 11.8. The van der Waals surface area contributed by atoms with Crippen LogP contribution in [0.3, 0.4) is 0 Å². The van der Waals surface area contributed by atoms with Crippen molar-refractivity contribution in [2.45, 2.75) is 19.8 Å². The first-order valence-corrected chi connectivity index (χ1v) is 8.04. The molecule has 0 unspecified atom stereocenters. The third kappa shape index (κ3) is 5.25. The fourth-order valence-corrected chi connectivity index (χ4v) is 3.24. The fourth-order valence-electron chi connectivity index (χ4n) is 2.20. The molecule has 0 aromatic heterocycles. The summed E-state index contributed by atoms with van der Waals surface area (Å²) in [5, 5.41) is 6.30. The number of carbonyl (C=O) groups is 1. The molecule has 0 spiro atoms. The monoisotopic (exact) mass is 278 g/mol. The van der Waals surface area contributed by atoms with Crippen molar-refractivity contribution in [2.24, 2.45) is 5.92 Å². The number of hydrogen-bond donors (Lipinski definition) is 2. The summed E-state index contributed by atoms with van der Waals surface area (Å²) in [6.07, 6.45) is 2.49.